The molecule has 0 aliphatic carbocycles. The van der Waals surface area contributed by atoms with Crippen LogP contribution in [0.1, 0.15) is 17.2 Å². The van der Waals surface area contributed by atoms with Gasteiger partial charge in [-0.05, 0) is 45.3 Å². The molecule has 1 unspecified atom stereocenters. The Balaban J connectivity index is 2.23. The van der Waals surface area contributed by atoms with E-state index in [9.17, 15) is 13.5 Å². The molecule has 20 heavy (non-hydrogen) atoms. The molecule has 6 heteroatoms. The van der Waals surface area contributed by atoms with Crippen molar-refractivity contribution in [1.29, 1.82) is 0 Å². The number of sulfone groups is 1. The molecule has 0 saturated carbocycles. The smallest absolute Gasteiger partial charge is 0.175 e. The van der Waals surface area contributed by atoms with E-state index in [1.165, 1.54) is 12.1 Å². The van der Waals surface area contributed by atoms with Crippen molar-refractivity contribution in [3.8, 4) is 0 Å². The van der Waals surface area contributed by atoms with Crippen molar-refractivity contribution in [2.75, 3.05) is 6.26 Å². The molecule has 0 aliphatic rings. The van der Waals surface area contributed by atoms with Crippen LogP contribution in [-0.2, 0) is 16.3 Å². The third-order valence-corrected chi connectivity index (χ3v) is 4.41. The lowest BCUT2D eigenvalue weighted by molar-refractivity contribution is 0.178. The highest BCUT2D eigenvalue weighted by Crippen LogP contribution is 2.22. The molecule has 0 aliphatic heterocycles. The monoisotopic (exact) mass is 355 g/mol. The predicted molar refractivity (Wildman–Crippen MR) is 80.2 cm³/mol. The first kappa shape index (κ1) is 15.2. The van der Waals surface area contributed by atoms with Gasteiger partial charge in [0.25, 0.3) is 0 Å². The van der Waals surface area contributed by atoms with E-state index in [1.54, 1.807) is 24.5 Å². The SMILES string of the molecule is CS(=O)(=O)c1cccc(C(O)Cc2cncc(Br)c2)c1. The van der Waals surface area contributed by atoms with Crippen molar-refractivity contribution in [2.24, 2.45) is 0 Å². The molecule has 0 saturated heterocycles. The van der Waals surface area contributed by atoms with Crippen LogP contribution in [0, 0.1) is 0 Å². The van der Waals surface area contributed by atoms with Gasteiger partial charge in [0.15, 0.2) is 9.84 Å². The van der Waals surface area contributed by atoms with Crippen molar-refractivity contribution in [3.63, 3.8) is 0 Å². The van der Waals surface area contributed by atoms with E-state index >= 15 is 0 Å². The van der Waals surface area contributed by atoms with Crippen molar-refractivity contribution in [1.82, 2.24) is 4.98 Å². The topological polar surface area (TPSA) is 67.3 Å². The van der Waals surface area contributed by atoms with Crippen LogP contribution >= 0.6 is 15.9 Å². The fraction of sp³-hybridized carbons (Fsp3) is 0.214. The molecule has 106 valence electrons. The van der Waals surface area contributed by atoms with Crippen LogP contribution < -0.4 is 0 Å². The number of nitrogens with zero attached hydrogens (tertiary/aromatic N) is 1. The zero-order valence-electron chi connectivity index (χ0n) is 10.8. The number of hydrogen-bond donors (Lipinski definition) is 1. The van der Waals surface area contributed by atoms with Gasteiger partial charge in [0.2, 0.25) is 0 Å². The Morgan fingerprint density at radius 2 is 2.05 bits per heavy atom. The van der Waals surface area contributed by atoms with Gasteiger partial charge in [0.1, 0.15) is 0 Å². The Hall–Kier alpha value is -1.24. The maximum atomic E-state index is 11.5. The second-order valence-corrected chi connectivity index (χ2v) is 7.51. The van der Waals surface area contributed by atoms with Crippen LogP contribution in [0.15, 0.2) is 52.1 Å². The lowest BCUT2D eigenvalue weighted by Crippen LogP contribution is -2.04. The maximum Gasteiger partial charge on any atom is 0.175 e. The Morgan fingerprint density at radius 1 is 1.30 bits per heavy atom. The highest BCUT2D eigenvalue weighted by atomic mass is 79.9. The molecule has 0 radical (unpaired) electrons. The number of rotatable bonds is 4. The van der Waals surface area contributed by atoms with E-state index in [2.05, 4.69) is 20.9 Å². The van der Waals surface area contributed by atoms with E-state index in [0.29, 0.717) is 12.0 Å². The van der Waals surface area contributed by atoms with Gasteiger partial charge in [-0.3, -0.25) is 4.98 Å². The summed E-state index contributed by atoms with van der Waals surface area (Å²) >= 11 is 3.32. The number of hydrogen-bond acceptors (Lipinski definition) is 4. The quantitative estimate of drug-likeness (QED) is 0.914. The van der Waals surface area contributed by atoms with Gasteiger partial charge in [0.05, 0.1) is 11.0 Å². The zero-order valence-corrected chi connectivity index (χ0v) is 13.2. The second-order valence-electron chi connectivity index (χ2n) is 4.58. The summed E-state index contributed by atoms with van der Waals surface area (Å²) in [6, 6.07) is 8.24. The first-order valence-corrected chi connectivity index (χ1v) is 8.62. The number of aliphatic hydroxyl groups is 1. The van der Waals surface area contributed by atoms with Gasteiger partial charge in [-0.1, -0.05) is 12.1 Å². The zero-order chi connectivity index (χ0) is 14.8. The Bertz CT molecular complexity index is 716. The van der Waals surface area contributed by atoms with Crippen LogP contribution in [0.3, 0.4) is 0 Å². The van der Waals surface area contributed by atoms with E-state index in [-0.39, 0.29) is 4.90 Å². The summed E-state index contributed by atoms with van der Waals surface area (Å²) in [5.74, 6) is 0. The third kappa shape index (κ3) is 3.88. The number of benzene rings is 1. The van der Waals surface area contributed by atoms with E-state index in [4.69, 9.17) is 0 Å². The molecule has 2 rings (SSSR count). The van der Waals surface area contributed by atoms with Gasteiger partial charge in [-0.15, -0.1) is 0 Å². The van der Waals surface area contributed by atoms with Crippen LogP contribution in [0.4, 0.5) is 0 Å². The summed E-state index contributed by atoms with van der Waals surface area (Å²) in [5, 5.41) is 10.2. The minimum absolute atomic E-state index is 0.210. The van der Waals surface area contributed by atoms with Crippen molar-refractivity contribution < 1.29 is 13.5 Å². The Labute approximate surface area is 126 Å². The summed E-state index contributed by atoms with van der Waals surface area (Å²) in [6.45, 7) is 0. The molecular formula is C14H14BrNO3S. The Kier molecular flexibility index (Phi) is 4.57. The number of aromatic nitrogens is 1. The van der Waals surface area contributed by atoms with Gasteiger partial charge in [-0.25, -0.2) is 8.42 Å². The number of aliphatic hydroxyl groups excluding tert-OH is 1. The lowest BCUT2D eigenvalue weighted by Gasteiger charge is -2.12. The predicted octanol–water partition coefficient (Wildman–Crippen LogP) is 2.52. The molecule has 0 fully saturated rings. The highest BCUT2D eigenvalue weighted by Gasteiger charge is 2.13. The summed E-state index contributed by atoms with van der Waals surface area (Å²) < 4.78 is 23.9. The molecule has 2 aromatic rings. The van der Waals surface area contributed by atoms with Crippen LogP contribution in [-0.4, -0.2) is 24.8 Å². The highest BCUT2D eigenvalue weighted by molar-refractivity contribution is 9.10. The van der Waals surface area contributed by atoms with Gasteiger partial charge in [-0.2, -0.15) is 0 Å². The minimum Gasteiger partial charge on any atom is -0.388 e. The van der Waals surface area contributed by atoms with E-state index in [1.807, 2.05) is 6.07 Å². The van der Waals surface area contributed by atoms with Crippen molar-refractivity contribution >= 4 is 25.8 Å². The summed E-state index contributed by atoms with van der Waals surface area (Å²) in [5.41, 5.74) is 1.45. The molecule has 0 amide bonds. The van der Waals surface area contributed by atoms with Crippen molar-refractivity contribution in [2.45, 2.75) is 17.4 Å². The molecular weight excluding hydrogens is 342 g/mol. The standard InChI is InChI=1S/C14H14BrNO3S/c1-20(18,19)13-4-2-3-11(7-13)14(17)6-10-5-12(15)9-16-8-10/h2-5,7-9,14,17H,6H2,1H3. The molecule has 1 aromatic carbocycles. The van der Waals surface area contributed by atoms with E-state index < -0.39 is 15.9 Å². The molecule has 1 aromatic heterocycles. The van der Waals surface area contributed by atoms with Crippen LogP contribution in [0.25, 0.3) is 0 Å². The summed E-state index contributed by atoms with van der Waals surface area (Å²) in [7, 11) is -3.27. The fourth-order valence-electron chi connectivity index (χ4n) is 1.86. The van der Waals surface area contributed by atoms with Crippen LogP contribution in [0.2, 0.25) is 0 Å². The molecule has 0 spiro atoms. The lowest BCUT2D eigenvalue weighted by atomic mass is 10.0. The minimum atomic E-state index is -3.27. The first-order chi connectivity index (χ1) is 9.36. The number of pyridine rings is 1. The van der Waals surface area contributed by atoms with Crippen molar-refractivity contribution in [3.05, 3.63) is 58.3 Å². The largest absolute Gasteiger partial charge is 0.388 e. The number of halogens is 1. The average molecular weight is 356 g/mol. The summed E-state index contributed by atoms with van der Waals surface area (Å²) in [6.07, 6.45) is 4.10. The third-order valence-electron chi connectivity index (χ3n) is 2.86. The van der Waals surface area contributed by atoms with Gasteiger partial charge < -0.3 is 5.11 Å². The molecule has 0 bridgehead atoms. The average Bonchev–Trinajstić information content (AvgIpc) is 2.38. The normalized spacial score (nSPS) is 13.2. The van der Waals surface area contributed by atoms with Gasteiger partial charge in [0, 0.05) is 29.5 Å². The maximum absolute atomic E-state index is 11.5. The Morgan fingerprint density at radius 3 is 2.70 bits per heavy atom. The molecule has 1 N–H and O–H groups in total. The first-order valence-electron chi connectivity index (χ1n) is 5.94. The molecule has 1 atom stereocenters. The second kappa shape index (κ2) is 6.03. The summed E-state index contributed by atoms with van der Waals surface area (Å²) in [4.78, 5) is 4.24. The molecule has 1 heterocycles. The van der Waals surface area contributed by atoms with E-state index in [0.717, 1.165) is 16.3 Å². The van der Waals surface area contributed by atoms with Gasteiger partial charge >= 0.3 is 0 Å². The fourth-order valence-corrected chi connectivity index (χ4v) is 2.95. The van der Waals surface area contributed by atoms with Crippen LogP contribution in [0.5, 0.6) is 0 Å². The molecule has 4 nitrogen and oxygen atoms in total.